The molecule has 1 aliphatic heterocycles. The molecule has 2 aromatic carbocycles. The molecule has 3 N–H and O–H groups in total. The van der Waals surface area contributed by atoms with Crippen LogP contribution in [0.3, 0.4) is 0 Å². The molecule has 0 atom stereocenters. The van der Waals surface area contributed by atoms with Crippen molar-refractivity contribution in [3.63, 3.8) is 0 Å². The number of hydrogen-bond acceptors (Lipinski definition) is 2. The van der Waals surface area contributed by atoms with Gasteiger partial charge in [-0.05, 0) is 30.3 Å². The van der Waals surface area contributed by atoms with Crippen LogP contribution < -0.4 is 19.9 Å². The molecule has 1 saturated heterocycles. The van der Waals surface area contributed by atoms with Gasteiger partial charge in [0, 0.05) is 5.69 Å². The molecule has 1 aliphatic rings. The van der Waals surface area contributed by atoms with E-state index in [1.165, 1.54) is 15.9 Å². The van der Waals surface area contributed by atoms with Crippen LogP contribution in [0.15, 0.2) is 48.5 Å². The minimum atomic E-state index is -0.234. The van der Waals surface area contributed by atoms with Crippen LogP contribution in [0.5, 0.6) is 5.75 Å². The molecule has 0 spiro atoms. The number of ether oxygens (including phenoxy) is 1. The molecule has 1 heterocycles. The molecule has 0 saturated carbocycles. The van der Waals surface area contributed by atoms with E-state index in [0.717, 1.165) is 49.7 Å². The minimum Gasteiger partial charge on any atom is -0.496 e. The van der Waals surface area contributed by atoms with Crippen LogP contribution in [0.4, 0.5) is 10.1 Å². The quantitative estimate of drug-likeness (QED) is 0.667. The van der Waals surface area contributed by atoms with Crippen molar-refractivity contribution in [2.45, 2.75) is 6.54 Å². The number of quaternary nitrogens is 2. The summed E-state index contributed by atoms with van der Waals surface area (Å²) >= 11 is 0. The average Bonchev–Trinajstić information content (AvgIpc) is 2.64. The van der Waals surface area contributed by atoms with E-state index in [1.807, 2.05) is 30.3 Å². The molecule has 0 bridgehead atoms. The summed E-state index contributed by atoms with van der Waals surface area (Å²) < 4.78 is 18.8. The first-order valence-electron chi connectivity index (χ1n) is 8.98. The van der Waals surface area contributed by atoms with Crippen LogP contribution in [0, 0.1) is 5.82 Å². The highest BCUT2D eigenvalue weighted by atomic mass is 19.1. The molecule has 26 heavy (non-hydrogen) atoms. The zero-order valence-corrected chi connectivity index (χ0v) is 15.1. The number of methoxy groups -OCH3 is 1. The van der Waals surface area contributed by atoms with Gasteiger partial charge in [0.15, 0.2) is 6.54 Å². The first-order valence-corrected chi connectivity index (χ1v) is 8.98. The molecule has 0 radical (unpaired) electrons. The summed E-state index contributed by atoms with van der Waals surface area (Å²) in [6.07, 6.45) is 0. The Morgan fingerprint density at radius 2 is 1.77 bits per heavy atom. The largest absolute Gasteiger partial charge is 0.496 e. The molecule has 5 nitrogen and oxygen atoms in total. The zero-order chi connectivity index (χ0) is 18.4. The monoisotopic (exact) mass is 359 g/mol. The maximum atomic E-state index is 13.5. The first-order chi connectivity index (χ1) is 12.6. The van der Waals surface area contributed by atoms with Gasteiger partial charge < -0.3 is 19.9 Å². The van der Waals surface area contributed by atoms with Gasteiger partial charge in [0.25, 0.3) is 5.91 Å². The van der Waals surface area contributed by atoms with Gasteiger partial charge in [0.05, 0.1) is 12.7 Å². The highest BCUT2D eigenvalue weighted by molar-refractivity contribution is 5.91. The number of benzene rings is 2. The van der Waals surface area contributed by atoms with Gasteiger partial charge in [-0.1, -0.05) is 18.2 Å². The molecule has 138 valence electrons. The summed E-state index contributed by atoms with van der Waals surface area (Å²) in [5.74, 6) is 0.541. The lowest BCUT2D eigenvalue weighted by molar-refractivity contribution is -1.02. The average molecular weight is 359 g/mol. The van der Waals surface area contributed by atoms with E-state index >= 15 is 0 Å². The molecular formula is C20H26FN3O2+2. The fraction of sp³-hybridized carbons (Fsp3) is 0.350. The van der Waals surface area contributed by atoms with Crippen molar-refractivity contribution in [3.8, 4) is 5.75 Å². The second-order valence-corrected chi connectivity index (χ2v) is 6.72. The number of piperazine rings is 1. The van der Waals surface area contributed by atoms with E-state index in [-0.39, 0.29) is 11.7 Å². The second-order valence-electron chi connectivity index (χ2n) is 6.72. The Kier molecular flexibility index (Phi) is 6.20. The van der Waals surface area contributed by atoms with Crippen LogP contribution >= 0.6 is 0 Å². The SMILES string of the molecule is COc1ccc(F)cc1C[NH+]1CC[NH+](CC(=O)Nc2ccccc2)CC1. The third kappa shape index (κ3) is 5.03. The number of para-hydroxylation sites is 1. The van der Waals surface area contributed by atoms with Crippen LogP contribution in [-0.2, 0) is 11.3 Å². The molecule has 3 rings (SSSR count). The Morgan fingerprint density at radius 1 is 1.08 bits per heavy atom. The maximum Gasteiger partial charge on any atom is 0.279 e. The summed E-state index contributed by atoms with van der Waals surface area (Å²) in [5.41, 5.74) is 1.73. The van der Waals surface area contributed by atoms with Gasteiger partial charge in [-0.25, -0.2) is 4.39 Å². The van der Waals surface area contributed by atoms with Crippen LogP contribution in [0.1, 0.15) is 5.56 Å². The Labute approximate surface area is 153 Å². The second kappa shape index (κ2) is 8.78. The Balaban J connectivity index is 1.47. The zero-order valence-electron chi connectivity index (χ0n) is 15.1. The van der Waals surface area contributed by atoms with Gasteiger partial charge >= 0.3 is 0 Å². The van der Waals surface area contributed by atoms with Crippen molar-refractivity contribution in [1.29, 1.82) is 0 Å². The molecule has 0 aromatic heterocycles. The number of rotatable bonds is 6. The van der Waals surface area contributed by atoms with E-state index in [0.29, 0.717) is 6.54 Å². The summed E-state index contributed by atoms with van der Waals surface area (Å²) in [5, 5.41) is 2.94. The summed E-state index contributed by atoms with van der Waals surface area (Å²) in [4.78, 5) is 14.9. The smallest absolute Gasteiger partial charge is 0.279 e. The number of nitrogens with one attached hydrogen (secondary N) is 3. The standard InChI is InChI=1S/C20H24FN3O2/c1-26-19-8-7-17(21)13-16(19)14-23-9-11-24(12-10-23)15-20(25)22-18-5-3-2-4-6-18/h2-8,13H,9-12,14-15H2,1H3,(H,22,25)/p+2. The highest BCUT2D eigenvalue weighted by Crippen LogP contribution is 2.18. The van der Waals surface area contributed by atoms with E-state index in [4.69, 9.17) is 4.74 Å². The maximum absolute atomic E-state index is 13.5. The lowest BCUT2D eigenvalue weighted by Gasteiger charge is -2.29. The molecule has 1 amide bonds. The van der Waals surface area contributed by atoms with Crippen molar-refractivity contribution in [3.05, 3.63) is 59.9 Å². The number of halogens is 1. The van der Waals surface area contributed by atoms with Gasteiger partial charge in [-0.3, -0.25) is 4.79 Å². The third-order valence-corrected chi connectivity index (χ3v) is 4.82. The summed E-state index contributed by atoms with van der Waals surface area (Å²) in [6, 6.07) is 14.2. The van der Waals surface area contributed by atoms with E-state index in [9.17, 15) is 9.18 Å². The number of hydrogen-bond donors (Lipinski definition) is 3. The third-order valence-electron chi connectivity index (χ3n) is 4.82. The summed E-state index contributed by atoms with van der Waals surface area (Å²) in [7, 11) is 1.61. The van der Waals surface area contributed by atoms with Crippen molar-refractivity contribution >= 4 is 11.6 Å². The van der Waals surface area contributed by atoms with Gasteiger partial charge in [0.1, 0.15) is 44.3 Å². The van der Waals surface area contributed by atoms with Gasteiger partial charge in [-0.2, -0.15) is 0 Å². The molecular weight excluding hydrogens is 333 g/mol. The Bertz CT molecular complexity index is 731. The normalized spacial score (nSPS) is 19.8. The van der Waals surface area contributed by atoms with Crippen molar-refractivity contribution < 1.29 is 23.7 Å². The minimum absolute atomic E-state index is 0.0430. The van der Waals surface area contributed by atoms with Crippen LogP contribution in [0.2, 0.25) is 0 Å². The molecule has 2 aromatic rings. The fourth-order valence-corrected chi connectivity index (χ4v) is 3.42. The first kappa shape index (κ1) is 18.4. The lowest BCUT2D eigenvalue weighted by Crippen LogP contribution is -3.28. The van der Waals surface area contributed by atoms with Crippen LogP contribution in [-0.4, -0.2) is 45.7 Å². The molecule has 0 aliphatic carbocycles. The number of carbonyl (C=O) groups is 1. The van der Waals surface area contributed by atoms with Gasteiger partial charge in [0.2, 0.25) is 0 Å². The molecule has 0 unspecified atom stereocenters. The summed E-state index contributed by atoms with van der Waals surface area (Å²) in [6.45, 7) is 4.97. The van der Waals surface area contributed by atoms with E-state index in [1.54, 1.807) is 19.2 Å². The Hall–Kier alpha value is -2.44. The number of anilines is 1. The predicted molar refractivity (Wildman–Crippen MR) is 98.0 cm³/mol. The lowest BCUT2D eigenvalue weighted by atomic mass is 10.1. The van der Waals surface area contributed by atoms with Gasteiger partial charge in [-0.15, -0.1) is 0 Å². The highest BCUT2D eigenvalue weighted by Gasteiger charge is 2.25. The Morgan fingerprint density at radius 3 is 2.46 bits per heavy atom. The van der Waals surface area contributed by atoms with Crippen molar-refractivity contribution in [2.75, 3.05) is 45.2 Å². The topological polar surface area (TPSA) is 47.2 Å². The predicted octanol–water partition coefficient (Wildman–Crippen LogP) is -0.244. The fourth-order valence-electron chi connectivity index (χ4n) is 3.42. The van der Waals surface area contributed by atoms with E-state index in [2.05, 4.69) is 5.32 Å². The number of carbonyl (C=O) groups excluding carboxylic acids is 1. The molecule has 6 heteroatoms. The number of amides is 1. The van der Waals surface area contributed by atoms with E-state index < -0.39 is 0 Å². The molecule has 1 fully saturated rings. The van der Waals surface area contributed by atoms with Crippen LogP contribution in [0.25, 0.3) is 0 Å². The van der Waals surface area contributed by atoms with Crippen molar-refractivity contribution in [1.82, 2.24) is 0 Å². The van der Waals surface area contributed by atoms with Crippen molar-refractivity contribution in [2.24, 2.45) is 0 Å².